The quantitative estimate of drug-likeness (QED) is 0.848. The summed E-state index contributed by atoms with van der Waals surface area (Å²) in [5, 5.41) is 1.11. The number of likely N-dealkylation sites (tertiary alicyclic amines) is 1. The summed E-state index contributed by atoms with van der Waals surface area (Å²) in [6.07, 6.45) is 2.56. The molecule has 1 heterocycles. The highest BCUT2D eigenvalue weighted by atomic mass is 35.5. The lowest BCUT2D eigenvalue weighted by molar-refractivity contribution is 0.315. The van der Waals surface area contributed by atoms with Crippen LogP contribution in [0.2, 0.25) is 10.0 Å². The van der Waals surface area contributed by atoms with Gasteiger partial charge in [0.25, 0.3) is 0 Å². The molecule has 1 unspecified atom stereocenters. The molecule has 2 N–H and O–H groups in total. The molecule has 1 aliphatic heterocycles. The number of benzene rings is 1. The molecule has 17 heavy (non-hydrogen) atoms. The van der Waals surface area contributed by atoms with E-state index in [4.69, 9.17) is 28.9 Å². The Hall–Kier alpha value is -0.440. The molecule has 2 nitrogen and oxygen atoms in total. The van der Waals surface area contributed by atoms with E-state index in [0.29, 0.717) is 15.7 Å². The first kappa shape index (κ1) is 13.0. The van der Waals surface area contributed by atoms with E-state index < -0.39 is 0 Å². The molecule has 1 aliphatic rings. The molecule has 0 bridgehead atoms. The number of nitrogens with zero attached hydrogens (tertiary/aromatic N) is 1. The van der Waals surface area contributed by atoms with Crippen LogP contribution in [0, 0.1) is 5.92 Å². The van der Waals surface area contributed by atoms with E-state index >= 15 is 0 Å². The number of halogens is 2. The van der Waals surface area contributed by atoms with E-state index in [1.54, 1.807) is 0 Å². The van der Waals surface area contributed by atoms with Crippen LogP contribution in [0.25, 0.3) is 0 Å². The summed E-state index contributed by atoms with van der Waals surface area (Å²) < 4.78 is 0. The summed E-state index contributed by atoms with van der Waals surface area (Å²) in [6, 6.07) is 3.84. The van der Waals surface area contributed by atoms with Gasteiger partial charge >= 0.3 is 0 Å². The average Bonchev–Trinajstić information content (AvgIpc) is 2.73. The van der Waals surface area contributed by atoms with Gasteiger partial charge in [0.05, 0.1) is 15.7 Å². The Bertz CT molecular complexity index is 383. The van der Waals surface area contributed by atoms with Crippen molar-refractivity contribution in [1.82, 2.24) is 4.90 Å². The van der Waals surface area contributed by atoms with Gasteiger partial charge in [-0.1, -0.05) is 36.5 Å². The zero-order valence-electron chi connectivity index (χ0n) is 10.0. The van der Waals surface area contributed by atoms with Crippen molar-refractivity contribution in [2.75, 3.05) is 18.8 Å². The zero-order valence-corrected chi connectivity index (χ0v) is 11.6. The summed E-state index contributed by atoms with van der Waals surface area (Å²) in [6.45, 7) is 5.51. The first-order valence-electron chi connectivity index (χ1n) is 6.06. The highest BCUT2D eigenvalue weighted by molar-refractivity contribution is 6.38. The standard InChI is InChI=1S/C13H18Cl2N2/c1-2-9-3-4-17(7-9)8-10-5-11(14)13(16)12(15)6-10/h5-6,9H,2-4,7-8,16H2,1H3. The lowest BCUT2D eigenvalue weighted by Gasteiger charge is -2.16. The maximum absolute atomic E-state index is 6.03. The fourth-order valence-electron chi connectivity index (χ4n) is 2.38. The molecular weight excluding hydrogens is 255 g/mol. The maximum atomic E-state index is 6.03. The van der Waals surface area contributed by atoms with E-state index in [9.17, 15) is 0 Å². The Labute approximate surface area is 113 Å². The molecule has 0 radical (unpaired) electrons. The van der Waals surface area contributed by atoms with Crippen LogP contribution in [0.1, 0.15) is 25.3 Å². The number of hydrogen-bond donors (Lipinski definition) is 1. The Kier molecular flexibility index (Phi) is 4.18. The molecule has 0 amide bonds. The normalized spacial score (nSPS) is 21.0. The minimum absolute atomic E-state index is 0.477. The largest absolute Gasteiger partial charge is 0.396 e. The monoisotopic (exact) mass is 272 g/mol. The van der Waals surface area contributed by atoms with Crippen molar-refractivity contribution in [3.8, 4) is 0 Å². The first-order valence-corrected chi connectivity index (χ1v) is 6.81. The molecule has 0 aliphatic carbocycles. The predicted octanol–water partition coefficient (Wildman–Crippen LogP) is 3.81. The van der Waals surface area contributed by atoms with E-state index in [-0.39, 0.29) is 0 Å². The van der Waals surface area contributed by atoms with Gasteiger partial charge in [-0.05, 0) is 36.6 Å². The highest BCUT2D eigenvalue weighted by Crippen LogP contribution is 2.30. The fourth-order valence-corrected chi connectivity index (χ4v) is 2.91. The topological polar surface area (TPSA) is 29.3 Å². The molecule has 0 aromatic heterocycles. The molecule has 0 spiro atoms. The Morgan fingerprint density at radius 3 is 2.53 bits per heavy atom. The average molecular weight is 273 g/mol. The molecule has 4 heteroatoms. The zero-order chi connectivity index (χ0) is 12.4. The number of nitrogen functional groups attached to an aromatic ring is 1. The molecule has 1 saturated heterocycles. The van der Waals surface area contributed by atoms with Crippen LogP contribution in [0.4, 0.5) is 5.69 Å². The second kappa shape index (κ2) is 5.47. The van der Waals surface area contributed by atoms with Crippen LogP contribution in [-0.4, -0.2) is 18.0 Å². The lowest BCUT2D eigenvalue weighted by atomic mass is 10.1. The third kappa shape index (κ3) is 3.06. The van der Waals surface area contributed by atoms with Gasteiger partial charge in [0.1, 0.15) is 0 Å². The molecule has 1 atom stereocenters. The van der Waals surface area contributed by atoms with Gasteiger partial charge in [-0.15, -0.1) is 0 Å². The SMILES string of the molecule is CCC1CCN(Cc2cc(Cl)c(N)c(Cl)c2)C1. The van der Waals surface area contributed by atoms with E-state index in [0.717, 1.165) is 24.6 Å². The summed E-state index contributed by atoms with van der Waals surface area (Å²) in [4.78, 5) is 2.45. The minimum Gasteiger partial charge on any atom is -0.396 e. The smallest absolute Gasteiger partial charge is 0.0693 e. The number of nitrogens with two attached hydrogens (primary N) is 1. The summed E-state index contributed by atoms with van der Waals surface area (Å²) in [7, 11) is 0. The van der Waals surface area contributed by atoms with Crippen LogP contribution < -0.4 is 5.73 Å². The summed E-state index contributed by atoms with van der Waals surface area (Å²) in [5.74, 6) is 0.842. The number of hydrogen-bond acceptors (Lipinski definition) is 2. The van der Waals surface area contributed by atoms with Gasteiger partial charge in [-0.3, -0.25) is 4.90 Å². The van der Waals surface area contributed by atoms with Crippen molar-refractivity contribution in [2.24, 2.45) is 5.92 Å². The van der Waals surface area contributed by atoms with Crippen LogP contribution >= 0.6 is 23.2 Å². The van der Waals surface area contributed by atoms with E-state index in [1.807, 2.05) is 12.1 Å². The Balaban J connectivity index is 2.04. The molecule has 1 aromatic rings. The van der Waals surface area contributed by atoms with Crippen LogP contribution in [-0.2, 0) is 6.54 Å². The van der Waals surface area contributed by atoms with Gasteiger partial charge in [-0.25, -0.2) is 0 Å². The van der Waals surface area contributed by atoms with Crippen molar-refractivity contribution in [2.45, 2.75) is 26.3 Å². The second-order valence-corrected chi connectivity index (χ2v) is 5.59. The lowest BCUT2D eigenvalue weighted by Crippen LogP contribution is -2.20. The highest BCUT2D eigenvalue weighted by Gasteiger charge is 2.21. The fraction of sp³-hybridized carbons (Fsp3) is 0.538. The summed E-state index contributed by atoms with van der Waals surface area (Å²) in [5.41, 5.74) is 7.35. The minimum atomic E-state index is 0.477. The third-order valence-electron chi connectivity index (χ3n) is 3.49. The van der Waals surface area contributed by atoms with E-state index in [2.05, 4.69) is 11.8 Å². The molecule has 0 saturated carbocycles. The van der Waals surface area contributed by atoms with Crippen LogP contribution in [0.15, 0.2) is 12.1 Å². The first-order chi connectivity index (χ1) is 8.10. The molecule has 2 rings (SSSR count). The van der Waals surface area contributed by atoms with Gasteiger partial charge in [0.15, 0.2) is 0 Å². The summed E-state index contributed by atoms with van der Waals surface area (Å²) >= 11 is 12.1. The Morgan fingerprint density at radius 1 is 1.35 bits per heavy atom. The van der Waals surface area contributed by atoms with Crippen LogP contribution in [0.3, 0.4) is 0 Å². The maximum Gasteiger partial charge on any atom is 0.0693 e. The van der Waals surface area contributed by atoms with Crippen molar-refractivity contribution in [3.05, 3.63) is 27.7 Å². The van der Waals surface area contributed by atoms with Crippen LogP contribution in [0.5, 0.6) is 0 Å². The van der Waals surface area contributed by atoms with Crippen molar-refractivity contribution in [1.29, 1.82) is 0 Å². The number of anilines is 1. The van der Waals surface area contributed by atoms with Gasteiger partial charge in [0.2, 0.25) is 0 Å². The Morgan fingerprint density at radius 2 is 2.00 bits per heavy atom. The van der Waals surface area contributed by atoms with Crippen molar-refractivity contribution in [3.63, 3.8) is 0 Å². The van der Waals surface area contributed by atoms with E-state index in [1.165, 1.54) is 19.4 Å². The second-order valence-electron chi connectivity index (χ2n) is 4.77. The predicted molar refractivity (Wildman–Crippen MR) is 74.5 cm³/mol. The molecule has 94 valence electrons. The van der Waals surface area contributed by atoms with Crippen molar-refractivity contribution < 1.29 is 0 Å². The van der Waals surface area contributed by atoms with Crippen molar-refractivity contribution >= 4 is 28.9 Å². The molecular formula is C13H18Cl2N2. The molecule has 1 fully saturated rings. The molecule has 1 aromatic carbocycles. The number of rotatable bonds is 3. The third-order valence-corrected chi connectivity index (χ3v) is 4.12. The van der Waals surface area contributed by atoms with Gasteiger partial charge < -0.3 is 5.73 Å². The van der Waals surface area contributed by atoms with Gasteiger partial charge in [0, 0.05) is 13.1 Å². The van der Waals surface area contributed by atoms with Gasteiger partial charge in [-0.2, -0.15) is 0 Å².